The van der Waals surface area contributed by atoms with Gasteiger partial charge in [0, 0.05) is 22.0 Å². The summed E-state index contributed by atoms with van der Waals surface area (Å²) in [6.45, 7) is 0.764. The SMILES string of the molecule is COc1ccc(CNC(=O)c2ccc3c(c2)N(Cc2ccccc2Cl)C(=O)CS3)cc1. The number of methoxy groups -OCH3 is 1. The Bertz CT molecular complexity index is 1120. The van der Waals surface area contributed by atoms with Crippen LogP contribution in [-0.4, -0.2) is 24.7 Å². The Hall–Kier alpha value is -2.96. The van der Waals surface area contributed by atoms with Gasteiger partial charge in [-0.1, -0.05) is 41.9 Å². The maximum Gasteiger partial charge on any atom is 0.251 e. The summed E-state index contributed by atoms with van der Waals surface area (Å²) in [5.41, 5.74) is 3.08. The Morgan fingerprint density at radius 2 is 1.90 bits per heavy atom. The second kappa shape index (κ2) is 9.45. The minimum Gasteiger partial charge on any atom is -0.497 e. The van der Waals surface area contributed by atoms with Gasteiger partial charge in [-0.3, -0.25) is 9.59 Å². The van der Waals surface area contributed by atoms with Gasteiger partial charge in [-0.2, -0.15) is 0 Å². The molecule has 0 spiro atoms. The molecule has 1 N–H and O–H groups in total. The number of thioether (sulfide) groups is 1. The highest BCUT2D eigenvalue weighted by atomic mass is 35.5. The third-order valence-electron chi connectivity index (χ3n) is 5.06. The standard InChI is InChI=1S/C24H21ClN2O3S/c1-30-19-9-6-16(7-10-19)13-26-24(29)17-8-11-22-21(12-17)27(23(28)15-31-22)14-18-4-2-3-5-20(18)25/h2-12H,13-15H2,1H3,(H,26,29). The molecule has 0 radical (unpaired) electrons. The van der Waals surface area contributed by atoms with Crippen LogP contribution in [0, 0.1) is 0 Å². The molecule has 31 heavy (non-hydrogen) atoms. The number of hydrogen-bond acceptors (Lipinski definition) is 4. The van der Waals surface area contributed by atoms with Crippen LogP contribution >= 0.6 is 23.4 Å². The zero-order valence-electron chi connectivity index (χ0n) is 16.9. The quantitative estimate of drug-likeness (QED) is 0.576. The van der Waals surface area contributed by atoms with E-state index in [0.29, 0.717) is 29.4 Å². The molecule has 0 aliphatic carbocycles. The van der Waals surface area contributed by atoms with Crippen LogP contribution in [0.5, 0.6) is 5.75 Å². The van der Waals surface area contributed by atoms with E-state index < -0.39 is 0 Å². The fourth-order valence-corrected chi connectivity index (χ4v) is 4.45. The number of benzene rings is 3. The second-order valence-corrected chi connectivity index (χ2v) is 8.50. The molecule has 0 aromatic heterocycles. The van der Waals surface area contributed by atoms with Gasteiger partial charge in [0.2, 0.25) is 5.91 Å². The summed E-state index contributed by atoms with van der Waals surface area (Å²) in [6.07, 6.45) is 0. The molecule has 1 heterocycles. The Labute approximate surface area is 190 Å². The highest BCUT2D eigenvalue weighted by Crippen LogP contribution is 2.37. The van der Waals surface area contributed by atoms with Gasteiger partial charge in [-0.15, -0.1) is 11.8 Å². The molecule has 1 aliphatic rings. The molecule has 0 saturated carbocycles. The first-order chi connectivity index (χ1) is 15.0. The van der Waals surface area contributed by atoms with Gasteiger partial charge in [0.05, 0.1) is 25.1 Å². The van der Waals surface area contributed by atoms with E-state index >= 15 is 0 Å². The Morgan fingerprint density at radius 1 is 1.13 bits per heavy atom. The molecule has 1 aliphatic heterocycles. The van der Waals surface area contributed by atoms with Gasteiger partial charge < -0.3 is 15.0 Å². The average molecular weight is 453 g/mol. The van der Waals surface area contributed by atoms with Gasteiger partial charge in [0.25, 0.3) is 5.91 Å². The molecule has 0 fully saturated rings. The maximum absolute atomic E-state index is 12.8. The topological polar surface area (TPSA) is 58.6 Å². The number of halogens is 1. The molecular weight excluding hydrogens is 432 g/mol. The van der Waals surface area contributed by atoms with E-state index in [9.17, 15) is 9.59 Å². The van der Waals surface area contributed by atoms with Gasteiger partial charge in [-0.25, -0.2) is 0 Å². The first-order valence-corrected chi connectivity index (χ1v) is 11.1. The van der Waals surface area contributed by atoms with Crippen molar-refractivity contribution in [2.24, 2.45) is 0 Å². The molecule has 3 aromatic rings. The lowest BCUT2D eigenvalue weighted by Gasteiger charge is -2.29. The van der Waals surface area contributed by atoms with Crippen LogP contribution in [0.3, 0.4) is 0 Å². The summed E-state index contributed by atoms with van der Waals surface area (Å²) in [5.74, 6) is 0.929. The molecular formula is C24H21ClN2O3S. The van der Waals surface area contributed by atoms with Crippen molar-refractivity contribution in [3.05, 3.63) is 88.4 Å². The summed E-state index contributed by atoms with van der Waals surface area (Å²) < 4.78 is 5.16. The molecule has 2 amide bonds. The van der Waals surface area contributed by atoms with Crippen LogP contribution in [0.15, 0.2) is 71.6 Å². The monoisotopic (exact) mass is 452 g/mol. The van der Waals surface area contributed by atoms with Crippen molar-refractivity contribution in [1.82, 2.24) is 5.32 Å². The van der Waals surface area contributed by atoms with Crippen LogP contribution in [0.1, 0.15) is 21.5 Å². The fourth-order valence-electron chi connectivity index (χ4n) is 3.34. The summed E-state index contributed by atoms with van der Waals surface area (Å²) in [5, 5.41) is 3.55. The summed E-state index contributed by atoms with van der Waals surface area (Å²) in [7, 11) is 1.62. The Balaban J connectivity index is 1.52. The van der Waals surface area contributed by atoms with Crippen LogP contribution in [-0.2, 0) is 17.9 Å². The van der Waals surface area contributed by atoms with E-state index in [4.69, 9.17) is 16.3 Å². The number of nitrogens with one attached hydrogen (secondary N) is 1. The Morgan fingerprint density at radius 3 is 2.65 bits per heavy atom. The molecule has 0 atom stereocenters. The van der Waals surface area contributed by atoms with E-state index in [0.717, 1.165) is 27.5 Å². The molecule has 0 unspecified atom stereocenters. The number of fused-ring (bicyclic) bond motifs is 1. The van der Waals surface area contributed by atoms with E-state index in [1.807, 2.05) is 54.6 Å². The van der Waals surface area contributed by atoms with Crippen molar-refractivity contribution in [3.8, 4) is 5.75 Å². The molecule has 3 aromatic carbocycles. The van der Waals surface area contributed by atoms with Crippen LogP contribution in [0.4, 0.5) is 5.69 Å². The average Bonchev–Trinajstić information content (AvgIpc) is 2.80. The minimum absolute atomic E-state index is 0.00629. The molecule has 158 valence electrons. The predicted octanol–water partition coefficient (Wildman–Crippen LogP) is 4.92. The fraction of sp³-hybridized carbons (Fsp3) is 0.167. The number of carbonyl (C=O) groups excluding carboxylic acids is 2. The second-order valence-electron chi connectivity index (χ2n) is 7.07. The smallest absolute Gasteiger partial charge is 0.251 e. The van der Waals surface area contributed by atoms with Crippen molar-refractivity contribution in [3.63, 3.8) is 0 Å². The van der Waals surface area contributed by atoms with Crippen molar-refractivity contribution in [1.29, 1.82) is 0 Å². The number of rotatable bonds is 6. The van der Waals surface area contributed by atoms with Gasteiger partial charge >= 0.3 is 0 Å². The minimum atomic E-state index is -0.195. The first-order valence-electron chi connectivity index (χ1n) is 9.77. The van der Waals surface area contributed by atoms with Crippen LogP contribution in [0.25, 0.3) is 0 Å². The van der Waals surface area contributed by atoms with Crippen molar-refractivity contribution in [2.75, 3.05) is 17.8 Å². The maximum atomic E-state index is 12.8. The van der Waals surface area contributed by atoms with Crippen molar-refractivity contribution < 1.29 is 14.3 Å². The molecule has 7 heteroatoms. The normalized spacial score (nSPS) is 13.0. The molecule has 5 nitrogen and oxygen atoms in total. The number of nitrogens with zero attached hydrogens (tertiary/aromatic N) is 1. The number of ether oxygens (including phenoxy) is 1. The predicted molar refractivity (Wildman–Crippen MR) is 124 cm³/mol. The number of carbonyl (C=O) groups is 2. The van der Waals surface area contributed by atoms with Gasteiger partial charge in [0.1, 0.15) is 5.75 Å². The molecule has 0 bridgehead atoms. The number of hydrogen-bond donors (Lipinski definition) is 1. The lowest BCUT2D eigenvalue weighted by molar-refractivity contribution is -0.116. The van der Waals surface area contributed by atoms with E-state index in [-0.39, 0.29) is 11.8 Å². The summed E-state index contributed by atoms with van der Waals surface area (Å²) >= 11 is 7.79. The third kappa shape index (κ3) is 4.86. The van der Waals surface area contributed by atoms with Crippen LogP contribution < -0.4 is 15.0 Å². The molecule has 4 rings (SSSR count). The number of amides is 2. The van der Waals surface area contributed by atoms with E-state index in [1.54, 1.807) is 24.1 Å². The largest absolute Gasteiger partial charge is 0.497 e. The third-order valence-corrected chi connectivity index (χ3v) is 6.48. The Kier molecular flexibility index (Phi) is 6.49. The lowest BCUT2D eigenvalue weighted by atomic mass is 10.1. The number of anilines is 1. The highest BCUT2D eigenvalue weighted by Gasteiger charge is 2.26. The van der Waals surface area contributed by atoms with E-state index in [2.05, 4.69) is 5.32 Å². The lowest BCUT2D eigenvalue weighted by Crippen LogP contribution is -2.35. The van der Waals surface area contributed by atoms with E-state index in [1.165, 1.54) is 11.8 Å². The van der Waals surface area contributed by atoms with Gasteiger partial charge in [-0.05, 0) is 47.5 Å². The highest BCUT2D eigenvalue weighted by molar-refractivity contribution is 8.00. The molecule has 0 saturated heterocycles. The summed E-state index contributed by atoms with van der Waals surface area (Å²) in [4.78, 5) is 28.1. The van der Waals surface area contributed by atoms with Crippen molar-refractivity contribution in [2.45, 2.75) is 18.0 Å². The van der Waals surface area contributed by atoms with Gasteiger partial charge in [0.15, 0.2) is 0 Å². The zero-order chi connectivity index (χ0) is 21.8. The first kappa shape index (κ1) is 21.3. The van der Waals surface area contributed by atoms with Crippen LogP contribution in [0.2, 0.25) is 5.02 Å². The van der Waals surface area contributed by atoms with Crippen molar-refractivity contribution >= 4 is 40.9 Å². The summed E-state index contributed by atoms with van der Waals surface area (Å²) in [6, 6.07) is 20.5. The zero-order valence-corrected chi connectivity index (χ0v) is 18.5.